The molecular formula is C17H27N. The van der Waals surface area contributed by atoms with Crippen LogP contribution in [0.3, 0.4) is 0 Å². The van der Waals surface area contributed by atoms with Gasteiger partial charge in [-0.3, -0.25) is 4.98 Å². The molecule has 0 aromatic carbocycles. The molecule has 0 amide bonds. The van der Waals surface area contributed by atoms with Crippen LogP contribution in [0.15, 0.2) is 37.1 Å². The maximum atomic E-state index is 4.48. The molecule has 1 heterocycles. The molecule has 0 bridgehead atoms. The maximum absolute atomic E-state index is 4.48. The van der Waals surface area contributed by atoms with E-state index in [0.717, 1.165) is 0 Å². The van der Waals surface area contributed by atoms with Gasteiger partial charge in [0.2, 0.25) is 0 Å². The second-order valence-electron chi connectivity index (χ2n) is 4.99. The summed E-state index contributed by atoms with van der Waals surface area (Å²) < 4.78 is 0. The van der Waals surface area contributed by atoms with E-state index in [1.807, 2.05) is 18.3 Å². The zero-order valence-corrected chi connectivity index (χ0v) is 11.8. The smallest absolute Gasteiger partial charge is 0.0434 e. The number of hydrogen-bond donors (Lipinski definition) is 0. The Labute approximate surface area is 112 Å². The van der Waals surface area contributed by atoms with Crippen molar-refractivity contribution >= 4 is 0 Å². The van der Waals surface area contributed by atoms with Crippen molar-refractivity contribution in [3.05, 3.63) is 42.7 Å². The normalized spacial score (nSPS) is 12.3. The van der Waals surface area contributed by atoms with Gasteiger partial charge in [0.1, 0.15) is 0 Å². The first-order chi connectivity index (χ1) is 8.88. The highest BCUT2D eigenvalue weighted by atomic mass is 14.7. The van der Waals surface area contributed by atoms with Crippen molar-refractivity contribution in [2.45, 2.75) is 64.2 Å². The van der Waals surface area contributed by atoms with E-state index in [1.165, 1.54) is 57.1 Å². The van der Waals surface area contributed by atoms with Crippen molar-refractivity contribution in [1.29, 1.82) is 0 Å². The van der Waals surface area contributed by atoms with E-state index in [1.54, 1.807) is 0 Å². The molecule has 0 aliphatic rings. The number of rotatable bonds is 10. The van der Waals surface area contributed by atoms with Crippen molar-refractivity contribution in [1.82, 2.24) is 4.98 Å². The average Bonchev–Trinajstić information content (AvgIpc) is 2.43. The monoisotopic (exact) mass is 245 g/mol. The van der Waals surface area contributed by atoms with Crippen LogP contribution in [0.2, 0.25) is 0 Å². The van der Waals surface area contributed by atoms with E-state index in [4.69, 9.17) is 0 Å². The highest BCUT2D eigenvalue weighted by Gasteiger charge is 2.09. The van der Waals surface area contributed by atoms with Crippen LogP contribution < -0.4 is 0 Å². The van der Waals surface area contributed by atoms with Crippen LogP contribution >= 0.6 is 0 Å². The zero-order chi connectivity index (χ0) is 13.1. The SMILES string of the molecule is C=CCCCCCCCC(CC)c1ccccn1. The Hall–Kier alpha value is -1.11. The zero-order valence-electron chi connectivity index (χ0n) is 11.8. The molecule has 1 unspecified atom stereocenters. The molecule has 0 radical (unpaired) electrons. The summed E-state index contributed by atoms with van der Waals surface area (Å²) in [4.78, 5) is 4.48. The van der Waals surface area contributed by atoms with Gasteiger partial charge in [0, 0.05) is 17.8 Å². The Bertz CT molecular complexity index is 305. The van der Waals surface area contributed by atoms with Crippen LogP contribution in [0, 0.1) is 0 Å². The highest BCUT2D eigenvalue weighted by Crippen LogP contribution is 2.24. The molecule has 1 rings (SSSR count). The second-order valence-corrected chi connectivity index (χ2v) is 4.99. The average molecular weight is 245 g/mol. The van der Waals surface area contributed by atoms with Crippen molar-refractivity contribution in [3.63, 3.8) is 0 Å². The minimum atomic E-state index is 0.652. The number of hydrogen-bond acceptors (Lipinski definition) is 1. The molecule has 100 valence electrons. The van der Waals surface area contributed by atoms with E-state index < -0.39 is 0 Å². The Morgan fingerprint density at radius 2 is 1.94 bits per heavy atom. The summed E-state index contributed by atoms with van der Waals surface area (Å²) in [6.07, 6.45) is 14.3. The van der Waals surface area contributed by atoms with Gasteiger partial charge in [-0.25, -0.2) is 0 Å². The third-order valence-corrected chi connectivity index (χ3v) is 3.56. The van der Waals surface area contributed by atoms with Gasteiger partial charge in [-0.05, 0) is 37.8 Å². The van der Waals surface area contributed by atoms with E-state index in [2.05, 4.69) is 30.6 Å². The topological polar surface area (TPSA) is 12.9 Å². The molecule has 1 nitrogen and oxygen atoms in total. The largest absolute Gasteiger partial charge is 0.261 e. The van der Waals surface area contributed by atoms with Gasteiger partial charge in [0.05, 0.1) is 0 Å². The Morgan fingerprint density at radius 3 is 2.61 bits per heavy atom. The molecule has 0 fully saturated rings. The lowest BCUT2D eigenvalue weighted by Gasteiger charge is -2.13. The fraction of sp³-hybridized carbons (Fsp3) is 0.588. The summed E-state index contributed by atoms with van der Waals surface area (Å²) in [6.45, 7) is 6.02. The van der Waals surface area contributed by atoms with Crippen molar-refractivity contribution in [2.24, 2.45) is 0 Å². The molecular weight excluding hydrogens is 218 g/mol. The first-order valence-electron chi connectivity index (χ1n) is 7.40. The van der Waals surface area contributed by atoms with Crippen LogP contribution in [-0.2, 0) is 0 Å². The molecule has 0 spiro atoms. The highest BCUT2D eigenvalue weighted by molar-refractivity contribution is 5.08. The van der Waals surface area contributed by atoms with Gasteiger partial charge in [0.15, 0.2) is 0 Å². The lowest BCUT2D eigenvalue weighted by Crippen LogP contribution is -1.99. The van der Waals surface area contributed by atoms with Gasteiger partial charge in [-0.15, -0.1) is 6.58 Å². The van der Waals surface area contributed by atoms with Gasteiger partial charge >= 0.3 is 0 Å². The van der Waals surface area contributed by atoms with Crippen LogP contribution in [0.5, 0.6) is 0 Å². The Morgan fingerprint density at radius 1 is 1.17 bits per heavy atom. The van der Waals surface area contributed by atoms with E-state index in [0.29, 0.717) is 5.92 Å². The summed E-state index contributed by atoms with van der Waals surface area (Å²) in [7, 11) is 0. The molecule has 0 aliphatic heterocycles. The van der Waals surface area contributed by atoms with E-state index >= 15 is 0 Å². The minimum Gasteiger partial charge on any atom is -0.261 e. The summed E-state index contributed by atoms with van der Waals surface area (Å²) >= 11 is 0. The standard InChI is InChI=1S/C17H27N/c1-3-5-6-7-8-9-10-13-16(4-2)17-14-11-12-15-18-17/h3,11-12,14-16H,1,4-10,13H2,2H3. The summed E-state index contributed by atoms with van der Waals surface area (Å²) in [5.41, 5.74) is 1.27. The predicted octanol–water partition coefficient (Wildman–Crippen LogP) is 5.49. The third-order valence-electron chi connectivity index (χ3n) is 3.56. The predicted molar refractivity (Wildman–Crippen MR) is 79.8 cm³/mol. The fourth-order valence-corrected chi connectivity index (χ4v) is 2.39. The van der Waals surface area contributed by atoms with E-state index in [-0.39, 0.29) is 0 Å². The number of aromatic nitrogens is 1. The molecule has 18 heavy (non-hydrogen) atoms. The molecule has 1 heteroatoms. The fourth-order valence-electron chi connectivity index (χ4n) is 2.39. The Balaban J connectivity index is 2.15. The van der Waals surface area contributed by atoms with Crippen LogP contribution in [0.25, 0.3) is 0 Å². The van der Waals surface area contributed by atoms with Gasteiger partial charge in [-0.2, -0.15) is 0 Å². The molecule has 0 saturated carbocycles. The van der Waals surface area contributed by atoms with Crippen LogP contribution in [-0.4, -0.2) is 4.98 Å². The lowest BCUT2D eigenvalue weighted by molar-refractivity contribution is 0.524. The Kier molecular flexibility index (Phi) is 8.20. The molecule has 0 aliphatic carbocycles. The summed E-state index contributed by atoms with van der Waals surface area (Å²) in [5, 5.41) is 0. The van der Waals surface area contributed by atoms with Gasteiger partial charge in [0.25, 0.3) is 0 Å². The molecule has 1 atom stereocenters. The quantitative estimate of drug-likeness (QED) is 0.392. The first kappa shape index (κ1) is 14.9. The van der Waals surface area contributed by atoms with E-state index in [9.17, 15) is 0 Å². The second kappa shape index (κ2) is 9.87. The van der Waals surface area contributed by atoms with Gasteiger partial charge < -0.3 is 0 Å². The molecule has 0 N–H and O–H groups in total. The maximum Gasteiger partial charge on any atom is 0.0434 e. The molecule has 1 aromatic heterocycles. The minimum absolute atomic E-state index is 0.652. The van der Waals surface area contributed by atoms with Gasteiger partial charge in [-0.1, -0.05) is 44.7 Å². The third kappa shape index (κ3) is 6.00. The van der Waals surface area contributed by atoms with Crippen molar-refractivity contribution in [2.75, 3.05) is 0 Å². The molecule has 0 saturated heterocycles. The van der Waals surface area contributed by atoms with Crippen molar-refractivity contribution < 1.29 is 0 Å². The first-order valence-corrected chi connectivity index (χ1v) is 7.40. The number of nitrogens with zero attached hydrogens (tertiary/aromatic N) is 1. The molecule has 1 aromatic rings. The lowest BCUT2D eigenvalue weighted by atomic mass is 9.94. The van der Waals surface area contributed by atoms with Crippen LogP contribution in [0.1, 0.15) is 69.9 Å². The summed E-state index contributed by atoms with van der Waals surface area (Å²) in [5.74, 6) is 0.652. The van der Waals surface area contributed by atoms with Crippen molar-refractivity contribution in [3.8, 4) is 0 Å². The number of allylic oxidation sites excluding steroid dienone is 1. The van der Waals surface area contributed by atoms with Crippen LogP contribution in [0.4, 0.5) is 0 Å². The summed E-state index contributed by atoms with van der Waals surface area (Å²) in [6, 6.07) is 6.26. The number of pyridine rings is 1. The number of unbranched alkanes of at least 4 members (excludes halogenated alkanes) is 5.